The molecule has 2 bridgehead atoms. The topological polar surface area (TPSA) is 92.6 Å². The number of carbonyl (C=O) groups is 1. The van der Waals surface area contributed by atoms with Crippen LogP contribution < -0.4 is 28.6 Å². The van der Waals surface area contributed by atoms with Gasteiger partial charge in [-0.3, -0.25) is 18.7 Å². The molecule has 0 aromatic carbocycles. The molecule has 0 aliphatic carbocycles. The van der Waals surface area contributed by atoms with Crippen molar-refractivity contribution in [3.05, 3.63) is 27.2 Å². The molecule has 2 aliphatic rings. The first kappa shape index (κ1) is 23.5. The molecule has 2 aliphatic heterocycles. The fourth-order valence-corrected chi connectivity index (χ4v) is 5.26. The summed E-state index contributed by atoms with van der Waals surface area (Å²) in [6, 6.07) is 0.977. The molecule has 0 radical (unpaired) electrons. The molecule has 31 heavy (non-hydrogen) atoms. The molecule has 2 aromatic heterocycles. The molecule has 2 saturated heterocycles. The predicted octanol–water partition coefficient (Wildman–Crippen LogP) is -3.39. The number of fused-ring (bicyclic) bond motifs is 3. The van der Waals surface area contributed by atoms with Crippen molar-refractivity contribution in [3.63, 3.8) is 0 Å². The van der Waals surface area contributed by atoms with Crippen LogP contribution in [0.2, 0.25) is 0 Å². The van der Waals surface area contributed by atoms with Gasteiger partial charge in [0.15, 0.2) is 11.2 Å². The largest absolute Gasteiger partial charge is 1.00 e. The number of halogens is 1. The second-order valence-corrected chi connectivity index (χ2v) is 9.29. The highest BCUT2D eigenvalue weighted by Crippen LogP contribution is 2.25. The number of hydrogen-bond donors (Lipinski definition) is 1. The van der Waals surface area contributed by atoms with Crippen LogP contribution in [0.25, 0.3) is 11.2 Å². The van der Waals surface area contributed by atoms with Crippen LogP contribution in [0.4, 0.5) is 0 Å². The summed E-state index contributed by atoms with van der Waals surface area (Å²) in [6.45, 7) is 5.62. The molecule has 0 spiro atoms. The molecule has 1 N–H and O–H groups in total. The van der Waals surface area contributed by atoms with Crippen molar-refractivity contribution in [3.8, 4) is 0 Å². The number of nitrogens with zero attached hydrogens (tertiary/aromatic N) is 4. The Morgan fingerprint density at radius 2 is 1.84 bits per heavy atom. The molecule has 4 heterocycles. The fraction of sp³-hybridized carbons (Fsp3) is 0.714. The van der Waals surface area contributed by atoms with Gasteiger partial charge in [-0.1, -0.05) is 13.8 Å². The quantitative estimate of drug-likeness (QED) is 0.460. The summed E-state index contributed by atoms with van der Waals surface area (Å²) < 4.78 is 10.2. The molecule has 2 unspecified atom stereocenters. The smallest absolute Gasteiger partial charge is 0.332 e. The normalized spacial score (nSPS) is 25.1. The van der Waals surface area contributed by atoms with Crippen LogP contribution in [0.3, 0.4) is 0 Å². The lowest BCUT2D eigenvalue weighted by atomic mass is 9.99. The minimum absolute atomic E-state index is 0. The lowest BCUT2D eigenvalue weighted by Crippen LogP contribution is -3.18. The van der Waals surface area contributed by atoms with E-state index in [9.17, 15) is 14.4 Å². The number of carbonyl (C=O) groups excluding carboxylic acids is 1. The third-order valence-corrected chi connectivity index (χ3v) is 6.74. The van der Waals surface area contributed by atoms with Gasteiger partial charge in [-0.15, -0.1) is 0 Å². The SMILES string of the molecule is CC(C)CC(=O)OC1CC2CCC(C1)[NH+]2CCn1cnc2c1c(=O)n(C)c(=O)n2C.[Cl-]. The van der Waals surface area contributed by atoms with Crippen LogP contribution >= 0.6 is 0 Å². The van der Waals surface area contributed by atoms with Gasteiger partial charge >= 0.3 is 11.7 Å². The average Bonchev–Trinajstić information content (AvgIpc) is 3.20. The van der Waals surface area contributed by atoms with Gasteiger partial charge in [0.05, 0.1) is 31.5 Å². The molecule has 0 saturated carbocycles. The second-order valence-electron chi connectivity index (χ2n) is 9.29. The highest BCUT2D eigenvalue weighted by Gasteiger charge is 2.45. The van der Waals surface area contributed by atoms with Crippen molar-refractivity contribution < 1.29 is 26.8 Å². The maximum atomic E-state index is 12.6. The molecule has 0 amide bonds. The predicted molar refractivity (Wildman–Crippen MR) is 111 cm³/mol. The van der Waals surface area contributed by atoms with Crippen molar-refractivity contribution in [2.75, 3.05) is 6.54 Å². The third-order valence-electron chi connectivity index (χ3n) is 6.74. The van der Waals surface area contributed by atoms with Crippen LogP contribution in [0.15, 0.2) is 15.9 Å². The Hall–Kier alpha value is -2.13. The zero-order chi connectivity index (χ0) is 21.6. The summed E-state index contributed by atoms with van der Waals surface area (Å²) in [7, 11) is 3.14. The number of hydrogen-bond acceptors (Lipinski definition) is 5. The number of aryl methyl sites for hydroxylation is 1. The van der Waals surface area contributed by atoms with Crippen molar-refractivity contribution in [1.82, 2.24) is 18.7 Å². The van der Waals surface area contributed by atoms with Gasteiger partial charge in [0.25, 0.3) is 5.56 Å². The van der Waals surface area contributed by atoms with E-state index in [0.717, 1.165) is 36.8 Å². The number of ether oxygens (including phenoxy) is 1. The first-order chi connectivity index (χ1) is 14.3. The number of rotatable bonds is 6. The van der Waals surface area contributed by atoms with E-state index in [1.54, 1.807) is 13.4 Å². The summed E-state index contributed by atoms with van der Waals surface area (Å²) in [5, 5.41) is 0. The Kier molecular flexibility index (Phi) is 6.95. The van der Waals surface area contributed by atoms with Crippen LogP contribution in [0.1, 0.15) is 46.0 Å². The summed E-state index contributed by atoms with van der Waals surface area (Å²) >= 11 is 0. The number of esters is 1. The van der Waals surface area contributed by atoms with Crippen molar-refractivity contribution >= 4 is 17.1 Å². The fourth-order valence-electron chi connectivity index (χ4n) is 5.26. The first-order valence-electron chi connectivity index (χ1n) is 10.9. The number of quaternary nitrogens is 1. The zero-order valence-electron chi connectivity index (χ0n) is 18.6. The molecule has 172 valence electrons. The summed E-state index contributed by atoms with van der Waals surface area (Å²) in [5.74, 6) is 0.237. The van der Waals surface area contributed by atoms with E-state index < -0.39 is 0 Å². The molecule has 2 fully saturated rings. The maximum absolute atomic E-state index is 12.6. The Bertz CT molecular complexity index is 1060. The Labute approximate surface area is 187 Å². The van der Waals surface area contributed by atoms with Crippen LogP contribution in [0, 0.1) is 5.92 Å². The summed E-state index contributed by atoms with van der Waals surface area (Å²) in [5.41, 5.74) is 0.232. The van der Waals surface area contributed by atoms with Crippen molar-refractivity contribution in [1.29, 1.82) is 0 Å². The zero-order valence-corrected chi connectivity index (χ0v) is 19.4. The van der Waals surface area contributed by atoms with E-state index in [0.29, 0.717) is 42.1 Å². The number of nitrogens with one attached hydrogen (secondary N) is 1. The van der Waals surface area contributed by atoms with Gasteiger partial charge in [-0.05, 0) is 5.92 Å². The van der Waals surface area contributed by atoms with Gasteiger partial charge in [0.1, 0.15) is 6.10 Å². The van der Waals surface area contributed by atoms with Gasteiger partial charge < -0.3 is 26.6 Å². The minimum atomic E-state index is -0.365. The number of aromatic nitrogens is 4. The maximum Gasteiger partial charge on any atom is 0.332 e. The van der Waals surface area contributed by atoms with Crippen LogP contribution in [0.5, 0.6) is 0 Å². The average molecular weight is 454 g/mol. The Morgan fingerprint density at radius 1 is 1.19 bits per heavy atom. The minimum Gasteiger partial charge on any atom is -1.00 e. The van der Waals surface area contributed by atoms with E-state index >= 15 is 0 Å². The van der Waals surface area contributed by atoms with Gasteiger partial charge in [0.2, 0.25) is 0 Å². The highest BCUT2D eigenvalue weighted by atomic mass is 35.5. The molecule has 4 rings (SSSR count). The summed E-state index contributed by atoms with van der Waals surface area (Å²) in [4.78, 5) is 42.7. The lowest BCUT2D eigenvalue weighted by Gasteiger charge is -2.35. The molecule has 9 nitrogen and oxygen atoms in total. The molecule has 2 atom stereocenters. The van der Waals surface area contributed by atoms with E-state index in [4.69, 9.17) is 4.74 Å². The molecule has 2 aromatic rings. The van der Waals surface area contributed by atoms with Crippen LogP contribution in [-0.2, 0) is 30.2 Å². The van der Waals surface area contributed by atoms with Crippen molar-refractivity contribution in [2.24, 2.45) is 20.0 Å². The first-order valence-corrected chi connectivity index (χ1v) is 10.9. The Balaban J connectivity index is 0.00000272. The summed E-state index contributed by atoms with van der Waals surface area (Å²) in [6.07, 6.45) is 6.31. The second kappa shape index (κ2) is 9.16. The number of imidazole rings is 1. The third kappa shape index (κ3) is 4.43. The van der Waals surface area contributed by atoms with Crippen LogP contribution in [-0.4, -0.2) is 49.4 Å². The van der Waals surface area contributed by atoms with E-state index in [1.807, 2.05) is 18.4 Å². The standard InChI is InChI=1S/C21H31N5O4.ClH/c1-13(2)9-17(27)30-16-10-14-5-6-15(11-16)26(14)8-7-25-12-22-19-18(25)20(28)24(4)21(29)23(19)3;/h12-16H,5-11H2,1-4H3;1H. The van der Waals surface area contributed by atoms with E-state index in [1.165, 1.54) is 16.5 Å². The monoisotopic (exact) mass is 453 g/mol. The van der Waals surface area contributed by atoms with Crippen molar-refractivity contribution in [2.45, 2.75) is 70.7 Å². The lowest BCUT2D eigenvalue weighted by molar-refractivity contribution is -0.942. The van der Waals surface area contributed by atoms with Gasteiger partial charge in [-0.25, -0.2) is 9.78 Å². The molecular weight excluding hydrogens is 422 g/mol. The van der Waals surface area contributed by atoms with E-state index in [-0.39, 0.29) is 35.7 Å². The molecular formula is C21H32ClN5O4. The van der Waals surface area contributed by atoms with E-state index in [2.05, 4.69) is 4.98 Å². The van der Waals surface area contributed by atoms with Gasteiger partial charge in [-0.2, -0.15) is 0 Å². The van der Waals surface area contributed by atoms with Gasteiger partial charge in [0, 0.05) is 46.2 Å². The Morgan fingerprint density at radius 3 is 2.45 bits per heavy atom. The highest BCUT2D eigenvalue weighted by molar-refractivity contribution is 5.70. The molecule has 10 heteroatoms. The number of piperidine rings is 1.